The molecule has 0 saturated heterocycles. The van der Waals surface area contributed by atoms with Gasteiger partial charge in [-0.3, -0.25) is 4.79 Å². The van der Waals surface area contributed by atoms with Gasteiger partial charge in [0, 0.05) is 12.5 Å². The highest BCUT2D eigenvalue weighted by Crippen LogP contribution is 2.27. The second-order valence-corrected chi connectivity index (χ2v) is 8.16. The summed E-state index contributed by atoms with van der Waals surface area (Å²) in [6.45, 7) is 14.1. The predicted octanol–water partition coefficient (Wildman–Crippen LogP) is 2.08. The van der Waals surface area contributed by atoms with Gasteiger partial charge in [-0.2, -0.15) is 5.01 Å². The van der Waals surface area contributed by atoms with Crippen molar-refractivity contribution in [2.24, 2.45) is 5.10 Å². The average molecular weight is 359 g/mol. The Balaban J connectivity index is 2.26. The molecule has 0 saturated carbocycles. The fourth-order valence-corrected chi connectivity index (χ4v) is 2.33. The SMILES string of the molecule is CC(=O)N1N=C(c2ccc(C)c([B]OC(C)(C)C(C)(C)O)c2)OC1(C)C. The van der Waals surface area contributed by atoms with Crippen LogP contribution in [0.3, 0.4) is 0 Å². The van der Waals surface area contributed by atoms with Crippen LogP contribution in [-0.4, -0.2) is 46.3 Å². The summed E-state index contributed by atoms with van der Waals surface area (Å²) in [6, 6.07) is 5.73. The van der Waals surface area contributed by atoms with Gasteiger partial charge in [-0.1, -0.05) is 17.7 Å². The molecule has 0 atom stereocenters. The maximum Gasteiger partial charge on any atom is 0.331 e. The molecule has 0 bridgehead atoms. The number of nitrogens with zero attached hydrogens (tertiary/aromatic N) is 2. The highest BCUT2D eigenvalue weighted by Gasteiger charge is 2.39. The third-order valence-electron chi connectivity index (χ3n) is 4.83. The smallest absolute Gasteiger partial charge is 0.331 e. The minimum absolute atomic E-state index is 0.181. The molecule has 1 amide bonds. The Bertz CT molecular complexity index is 736. The van der Waals surface area contributed by atoms with Gasteiger partial charge in [-0.15, -0.1) is 5.10 Å². The number of benzene rings is 1. The first-order valence-corrected chi connectivity index (χ1v) is 8.67. The van der Waals surface area contributed by atoms with Crippen molar-refractivity contribution >= 4 is 24.8 Å². The molecular formula is C19H28BN2O4. The molecular weight excluding hydrogens is 331 g/mol. The van der Waals surface area contributed by atoms with Crippen molar-refractivity contribution in [2.75, 3.05) is 0 Å². The first-order valence-electron chi connectivity index (χ1n) is 8.67. The molecule has 0 spiro atoms. The lowest BCUT2D eigenvalue weighted by Crippen LogP contribution is -2.49. The third-order valence-corrected chi connectivity index (χ3v) is 4.83. The van der Waals surface area contributed by atoms with Gasteiger partial charge in [0.2, 0.25) is 17.5 Å². The largest absolute Gasteiger partial charge is 0.448 e. The van der Waals surface area contributed by atoms with E-state index in [1.54, 1.807) is 35.2 Å². The number of hydrogen-bond donors (Lipinski definition) is 1. The van der Waals surface area contributed by atoms with Crippen LogP contribution in [0.15, 0.2) is 23.3 Å². The van der Waals surface area contributed by atoms with Crippen molar-refractivity contribution in [2.45, 2.75) is 72.3 Å². The van der Waals surface area contributed by atoms with Gasteiger partial charge in [0.1, 0.15) is 0 Å². The number of hydrogen-bond acceptors (Lipinski definition) is 5. The number of carbonyl (C=O) groups is 1. The second-order valence-electron chi connectivity index (χ2n) is 8.16. The standard InChI is InChI=1S/C19H28BN2O4/c1-12-9-10-14(16-21-22(13(2)23)19(7,8)25-16)11-15(12)20-26-18(5,6)17(3,4)24/h9-11,24H,1-8H3. The molecule has 1 radical (unpaired) electrons. The Morgan fingerprint density at radius 3 is 2.42 bits per heavy atom. The maximum absolute atomic E-state index is 11.8. The van der Waals surface area contributed by atoms with Gasteiger partial charge >= 0.3 is 7.48 Å². The van der Waals surface area contributed by atoms with E-state index in [0.717, 1.165) is 16.6 Å². The monoisotopic (exact) mass is 359 g/mol. The molecule has 7 heteroatoms. The quantitative estimate of drug-likeness (QED) is 0.818. The van der Waals surface area contributed by atoms with Crippen LogP contribution in [0.25, 0.3) is 0 Å². The fraction of sp³-hybridized carbons (Fsp3) is 0.579. The normalized spacial score (nSPS) is 17.0. The van der Waals surface area contributed by atoms with Crippen LogP contribution in [0.5, 0.6) is 0 Å². The van der Waals surface area contributed by atoms with E-state index in [9.17, 15) is 9.90 Å². The Morgan fingerprint density at radius 1 is 1.31 bits per heavy atom. The van der Waals surface area contributed by atoms with E-state index in [4.69, 9.17) is 9.39 Å². The number of amides is 1. The molecule has 2 rings (SSSR count). The van der Waals surface area contributed by atoms with Crippen LogP contribution in [0, 0.1) is 6.92 Å². The molecule has 1 aromatic rings. The van der Waals surface area contributed by atoms with E-state index in [1.807, 2.05) is 39.0 Å². The summed E-state index contributed by atoms with van der Waals surface area (Å²) in [5, 5.41) is 15.9. The lowest BCUT2D eigenvalue weighted by atomic mass is 9.80. The van der Waals surface area contributed by atoms with Gasteiger partial charge in [-0.25, -0.2) is 0 Å². The lowest BCUT2D eigenvalue weighted by Gasteiger charge is -2.37. The zero-order valence-corrected chi connectivity index (χ0v) is 16.9. The Hall–Kier alpha value is -1.86. The van der Waals surface area contributed by atoms with Gasteiger partial charge in [0.25, 0.3) is 0 Å². The minimum atomic E-state index is -1.00. The Morgan fingerprint density at radius 2 is 1.92 bits per heavy atom. The molecule has 141 valence electrons. The van der Waals surface area contributed by atoms with Gasteiger partial charge < -0.3 is 14.5 Å². The molecule has 26 heavy (non-hydrogen) atoms. The second kappa shape index (κ2) is 6.70. The summed E-state index contributed by atoms with van der Waals surface area (Å²) in [6.07, 6.45) is 0. The Kier molecular flexibility index (Phi) is 5.28. The summed E-state index contributed by atoms with van der Waals surface area (Å²) in [5.41, 5.74) is 0.0364. The zero-order valence-electron chi connectivity index (χ0n) is 16.9. The van der Waals surface area contributed by atoms with Crippen molar-refractivity contribution in [3.05, 3.63) is 29.3 Å². The maximum atomic E-state index is 11.8. The number of rotatable bonds is 5. The molecule has 0 aliphatic carbocycles. The number of carbonyl (C=O) groups excluding carboxylic acids is 1. The zero-order chi connectivity index (χ0) is 19.9. The predicted molar refractivity (Wildman–Crippen MR) is 102 cm³/mol. The van der Waals surface area contributed by atoms with Crippen molar-refractivity contribution in [1.29, 1.82) is 0 Å². The average Bonchev–Trinajstić information content (AvgIpc) is 2.81. The highest BCUT2D eigenvalue weighted by molar-refractivity contribution is 6.48. The van der Waals surface area contributed by atoms with Gasteiger partial charge in [0.15, 0.2) is 0 Å². The van der Waals surface area contributed by atoms with E-state index in [-0.39, 0.29) is 5.91 Å². The van der Waals surface area contributed by atoms with Crippen LogP contribution < -0.4 is 5.46 Å². The summed E-state index contributed by atoms with van der Waals surface area (Å²) in [5.74, 6) is 0.209. The van der Waals surface area contributed by atoms with E-state index < -0.39 is 16.9 Å². The highest BCUT2D eigenvalue weighted by atomic mass is 16.6. The summed E-state index contributed by atoms with van der Waals surface area (Å²) in [7, 11) is 1.64. The topological polar surface area (TPSA) is 71.4 Å². The third kappa shape index (κ3) is 4.10. The lowest BCUT2D eigenvalue weighted by molar-refractivity contribution is -0.142. The molecule has 1 aromatic carbocycles. The number of aryl methyl sites for hydroxylation is 1. The van der Waals surface area contributed by atoms with Crippen molar-refractivity contribution in [3.63, 3.8) is 0 Å². The molecule has 0 aromatic heterocycles. The molecule has 1 aliphatic heterocycles. The van der Waals surface area contributed by atoms with E-state index in [2.05, 4.69) is 5.10 Å². The van der Waals surface area contributed by atoms with Crippen LogP contribution in [0.2, 0.25) is 0 Å². The van der Waals surface area contributed by atoms with Crippen LogP contribution in [-0.2, 0) is 14.2 Å². The number of hydrazone groups is 1. The van der Waals surface area contributed by atoms with Crippen molar-refractivity contribution in [3.8, 4) is 0 Å². The molecule has 0 fully saturated rings. The van der Waals surface area contributed by atoms with Crippen molar-refractivity contribution in [1.82, 2.24) is 5.01 Å². The summed E-state index contributed by atoms with van der Waals surface area (Å²) >= 11 is 0. The van der Waals surface area contributed by atoms with Gasteiger partial charge in [-0.05, 0) is 60.0 Å². The number of aliphatic hydroxyl groups is 1. The molecule has 0 unspecified atom stereocenters. The van der Waals surface area contributed by atoms with Crippen LogP contribution >= 0.6 is 0 Å². The van der Waals surface area contributed by atoms with Crippen LogP contribution in [0.1, 0.15) is 59.6 Å². The van der Waals surface area contributed by atoms with Crippen LogP contribution in [0.4, 0.5) is 0 Å². The summed E-state index contributed by atoms with van der Waals surface area (Å²) in [4.78, 5) is 11.8. The van der Waals surface area contributed by atoms with E-state index in [0.29, 0.717) is 5.90 Å². The molecule has 1 N–H and O–H groups in total. The Labute approximate surface area is 156 Å². The molecule has 6 nitrogen and oxygen atoms in total. The van der Waals surface area contributed by atoms with Gasteiger partial charge in [0.05, 0.1) is 11.2 Å². The van der Waals surface area contributed by atoms with E-state index in [1.165, 1.54) is 11.9 Å². The van der Waals surface area contributed by atoms with Crippen molar-refractivity contribution < 1.29 is 19.3 Å². The molecule has 1 aliphatic rings. The fourth-order valence-electron chi connectivity index (χ4n) is 2.33. The molecule has 1 heterocycles. The summed E-state index contributed by atoms with van der Waals surface area (Å²) < 4.78 is 11.7. The number of ether oxygens (including phenoxy) is 1. The van der Waals surface area contributed by atoms with E-state index >= 15 is 0 Å². The first-order chi connectivity index (χ1) is 11.7. The minimum Gasteiger partial charge on any atom is -0.448 e. The first kappa shape index (κ1) is 20.5.